The van der Waals surface area contributed by atoms with E-state index in [1.54, 1.807) is 6.92 Å². The third-order valence-corrected chi connectivity index (χ3v) is 3.99. The first-order valence-corrected chi connectivity index (χ1v) is 7.36. The monoisotopic (exact) mass is 315 g/mol. The van der Waals surface area contributed by atoms with E-state index in [1.165, 1.54) is 17.0 Å². The standard InChI is InChI=1S/C15H23F2N3O2/c1-11-5-6-12(20(11)14(16)17)13(21)19-8-4-7-15(22,10-19)9-18(2)3/h5-6,14,22H,4,7-10H2,1-3H3/t15-/m1/s1. The molecular formula is C15H23F2N3O2. The van der Waals surface area contributed by atoms with Gasteiger partial charge in [0, 0.05) is 18.8 Å². The third kappa shape index (κ3) is 3.47. The molecule has 0 bridgehead atoms. The zero-order valence-corrected chi connectivity index (χ0v) is 13.2. The number of nitrogens with zero attached hydrogens (tertiary/aromatic N) is 3. The van der Waals surface area contributed by atoms with E-state index in [0.717, 1.165) is 4.57 Å². The van der Waals surface area contributed by atoms with Crippen LogP contribution < -0.4 is 0 Å². The maximum atomic E-state index is 13.1. The van der Waals surface area contributed by atoms with Gasteiger partial charge in [0.2, 0.25) is 0 Å². The van der Waals surface area contributed by atoms with Gasteiger partial charge in [-0.3, -0.25) is 9.36 Å². The highest BCUT2D eigenvalue weighted by molar-refractivity contribution is 5.93. The second-order valence-electron chi connectivity index (χ2n) is 6.30. The Morgan fingerprint density at radius 1 is 1.45 bits per heavy atom. The molecule has 1 atom stereocenters. The molecule has 2 heterocycles. The van der Waals surface area contributed by atoms with Gasteiger partial charge < -0.3 is 14.9 Å². The second-order valence-corrected chi connectivity index (χ2v) is 6.30. The van der Waals surface area contributed by atoms with Crippen molar-refractivity contribution in [2.24, 2.45) is 0 Å². The molecule has 2 rings (SSSR count). The van der Waals surface area contributed by atoms with E-state index in [0.29, 0.717) is 31.6 Å². The Hall–Kier alpha value is -1.47. The summed E-state index contributed by atoms with van der Waals surface area (Å²) in [6, 6.07) is 2.93. The second kappa shape index (κ2) is 6.34. The molecule has 1 fully saturated rings. The Balaban J connectivity index is 2.19. The van der Waals surface area contributed by atoms with Crippen molar-refractivity contribution in [3.63, 3.8) is 0 Å². The number of likely N-dealkylation sites (tertiary alicyclic amines) is 1. The first-order chi connectivity index (χ1) is 10.2. The Labute approximate surface area is 129 Å². The number of carbonyl (C=O) groups is 1. The first kappa shape index (κ1) is 16.9. The lowest BCUT2D eigenvalue weighted by Gasteiger charge is -2.40. The zero-order valence-electron chi connectivity index (χ0n) is 13.2. The van der Waals surface area contributed by atoms with E-state index in [-0.39, 0.29) is 12.2 Å². The molecule has 0 aromatic carbocycles. The molecule has 1 N–H and O–H groups in total. The van der Waals surface area contributed by atoms with Crippen LogP contribution in [0, 0.1) is 6.92 Å². The quantitative estimate of drug-likeness (QED) is 0.920. The average molecular weight is 315 g/mol. The van der Waals surface area contributed by atoms with Crippen LogP contribution in [-0.4, -0.2) is 64.7 Å². The highest BCUT2D eigenvalue weighted by Gasteiger charge is 2.36. The molecule has 7 heteroatoms. The molecule has 1 aromatic heterocycles. The van der Waals surface area contributed by atoms with Crippen LogP contribution in [0.15, 0.2) is 12.1 Å². The summed E-state index contributed by atoms with van der Waals surface area (Å²) in [5, 5.41) is 10.6. The number of carbonyl (C=O) groups excluding carboxylic acids is 1. The highest BCUT2D eigenvalue weighted by atomic mass is 19.3. The topological polar surface area (TPSA) is 48.7 Å². The number of aromatic nitrogens is 1. The van der Waals surface area contributed by atoms with Gasteiger partial charge >= 0.3 is 6.55 Å². The number of amides is 1. The number of piperidine rings is 1. The Bertz CT molecular complexity index is 545. The summed E-state index contributed by atoms with van der Waals surface area (Å²) in [6.07, 6.45) is 1.26. The fourth-order valence-electron chi connectivity index (χ4n) is 3.15. The maximum absolute atomic E-state index is 13.1. The molecule has 0 spiro atoms. The average Bonchev–Trinajstić information content (AvgIpc) is 2.78. The minimum Gasteiger partial charge on any atom is -0.387 e. The largest absolute Gasteiger partial charge is 0.387 e. The van der Waals surface area contributed by atoms with Gasteiger partial charge in [0.1, 0.15) is 5.69 Å². The summed E-state index contributed by atoms with van der Waals surface area (Å²) >= 11 is 0. The lowest BCUT2D eigenvalue weighted by Crippen LogP contribution is -2.54. The van der Waals surface area contributed by atoms with Gasteiger partial charge in [0.25, 0.3) is 5.91 Å². The van der Waals surface area contributed by atoms with Crippen LogP contribution in [0.4, 0.5) is 8.78 Å². The lowest BCUT2D eigenvalue weighted by molar-refractivity contribution is -0.0397. The molecular weight excluding hydrogens is 292 g/mol. The number of hydrogen-bond donors (Lipinski definition) is 1. The molecule has 22 heavy (non-hydrogen) atoms. The number of alkyl halides is 2. The molecule has 1 aliphatic rings. The fraction of sp³-hybridized carbons (Fsp3) is 0.667. The van der Waals surface area contributed by atoms with Gasteiger partial charge in [-0.1, -0.05) is 0 Å². The summed E-state index contributed by atoms with van der Waals surface area (Å²) in [6.45, 7) is -0.133. The molecule has 1 aliphatic heterocycles. The molecule has 0 saturated carbocycles. The number of halogens is 2. The number of hydrogen-bond acceptors (Lipinski definition) is 3. The summed E-state index contributed by atoms with van der Waals surface area (Å²) < 4.78 is 27.0. The van der Waals surface area contributed by atoms with Crippen molar-refractivity contribution in [1.82, 2.24) is 14.4 Å². The minimum atomic E-state index is -2.75. The smallest absolute Gasteiger partial charge is 0.319 e. The Morgan fingerprint density at radius 2 is 2.14 bits per heavy atom. The van der Waals surface area contributed by atoms with Crippen molar-refractivity contribution in [3.05, 3.63) is 23.5 Å². The van der Waals surface area contributed by atoms with Crippen LogP contribution in [0.3, 0.4) is 0 Å². The van der Waals surface area contributed by atoms with Crippen molar-refractivity contribution >= 4 is 5.91 Å². The van der Waals surface area contributed by atoms with Crippen molar-refractivity contribution < 1.29 is 18.7 Å². The number of likely N-dealkylation sites (N-methyl/N-ethyl adjacent to an activating group) is 1. The number of aliphatic hydroxyl groups is 1. The van der Waals surface area contributed by atoms with Gasteiger partial charge in [-0.25, -0.2) is 0 Å². The predicted molar refractivity (Wildman–Crippen MR) is 79.1 cm³/mol. The first-order valence-electron chi connectivity index (χ1n) is 7.36. The Kier molecular flexibility index (Phi) is 4.87. The molecule has 1 amide bonds. The number of rotatable bonds is 4. The van der Waals surface area contributed by atoms with E-state index in [9.17, 15) is 18.7 Å². The zero-order chi connectivity index (χ0) is 16.5. The van der Waals surface area contributed by atoms with Crippen LogP contribution in [0.1, 0.15) is 35.6 Å². The van der Waals surface area contributed by atoms with Gasteiger partial charge in [0.05, 0.1) is 12.1 Å². The van der Waals surface area contributed by atoms with Gasteiger partial charge in [-0.2, -0.15) is 8.78 Å². The minimum absolute atomic E-state index is 0.0263. The van der Waals surface area contributed by atoms with Gasteiger partial charge in [0.15, 0.2) is 0 Å². The van der Waals surface area contributed by atoms with Crippen LogP contribution in [0.2, 0.25) is 0 Å². The van der Waals surface area contributed by atoms with Crippen molar-refractivity contribution in [3.8, 4) is 0 Å². The van der Waals surface area contributed by atoms with E-state index < -0.39 is 18.1 Å². The SMILES string of the molecule is Cc1ccc(C(=O)N2CCC[C@@](O)(CN(C)C)C2)n1C(F)F. The van der Waals surface area contributed by atoms with Gasteiger partial charge in [-0.05, 0) is 46.0 Å². The van der Waals surface area contributed by atoms with Gasteiger partial charge in [-0.15, -0.1) is 0 Å². The van der Waals surface area contributed by atoms with Crippen LogP contribution in [-0.2, 0) is 0 Å². The van der Waals surface area contributed by atoms with E-state index in [4.69, 9.17) is 0 Å². The fourth-order valence-corrected chi connectivity index (χ4v) is 3.15. The Morgan fingerprint density at radius 3 is 2.73 bits per heavy atom. The molecule has 0 aliphatic carbocycles. The molecule has 0 radical (unpaired) electrons. The summed E-state index contributed by atoms with van der Waals surface area (Å²) in [5.74, 6) is -0.453. The van der Waals surface area contributed by atoms with Crippen molar-refractivity contribution in [2.75, 3.05) is 33.7 Å². The summed E-state index contributed by atoms with van der Waals surface area (Å²) in [4.78, 5) is 15.9. The molecule has 1 aromatic rings. The molecule has 124 valence electrons. The third-order valence-electron chi connectivity index (χ3n) is 3.99. The lowest BCUT2D eigenvalue weighted by atomic mass is 9.92. The normalized spacial score (nSPS) is 22.6. The maximum Gasteiger partial charge on any atom is 0.319 e. The van der Waals surface area contributed by atoms with E-state index >= 15 is 0 Å². The van der Waals surface area contributed by atoms with Crippen LogP contribution in [0.5, 0.6) is 0 Å². The summed E-state index contributed by atoms with van der Waals surface area (Å²) in [5.41, 5.74) is -0.671. The number of β-amino-alcohol motifs (C(OH)–C–C–N with tert-alkyl or cyclic N) is 1. The molecule has 1 saturated heterocycles. The molecule has 5 nitrogen and oxygen atoms in total. The van der Waals surface area contributed by atoms with Crippen LogP contribution >= 0.6 is 0 Å². The van der Waals surface area contributed by atoms with Crippen LogP contribution in [0.25, 0.3) is 0 Å². The molecule has 0 unspecified atom stereocenters. The van der Waals surface area contributed by atoms with Crippen molar-refractivity contribution in [1.29, 1.82) is 0 Å². The predicted octanol–water partition coefficient (Wildman–Crippen LogP) is 1.72. The van der Waals surface area contributed by atoms with Crippen molar-refractivity contribution in [2.45, 2.75) is 31.9 Å². The number of aryl methyl sites for hydroxylation is 1. The van der Waals surface area contributed by atoms with E-state index in [2.05, 4.69) is 0 Å². The highest BCUT2D eigenvalue weighted by Crippen LogP contribution is 2.25. The summed E-state index contributed by atoms with van der Waals surface area (Å²) in [7, 11) is 3.70. The van der Waals surface area contributed by atoms with E-state index in [1.807, 2.05) is 19.0 Å².